The first kappa shape index (κ1) is 19.7. The fourth-order valence-electron chi connectivity index (χ4n) is 8.15. The van der Waals surface area contributed by atoms with Gasteiger partial charge >= 0.3 is 0 Å². The molecule has 11 rings (SSSR count). The van der Waals surface area contributed by atoms with Gasteiger partial charge in [-0.25, -0.2) is 0 Å². The van der Waals surface area contributed by atoms with Crippen LogP contribution in [0.1, 0.15) is 0 Å². The van der Waals surface area contributed by atoms with Gasteiger partial charge < -0.3 is 8.80 Å². The molecule has 0 N–H and O–H groups in total. The predicted molar refractivity (Wildman–Crippen MR) is 171 cm³/mol. The number of rotatable bonds is 0. The molecule has 0 fully saturated rings. The molecule has 4 heterocycles. The van der Waals surface area contributed by atoms with Crippen LogP contribution in [0, 0.1) is 0 Å². The van der Waals surface area contributed by atoms with Gasteiger partial charge in [0.2, 0.25) is 0 Å². The highest BCUT2D eigenvalue weighted by Gasteiger charge is 2.24. The molecule has 0 bridgehead atoms. The molecular formula is C38H20N2. The molecule has 0 amide bonds. The SMILES string of the molecule is c1ccc2c(c1)c1c3cccc4c5ccccc5n(c5ccc6c(c2c2cccc7c8ccccc8n6c72)c15)c43. The zero-order valence-corrected chi connectivity index (χ0v) is 21.4. The molecule has 2 nitrogen and oxygen atoms in total. The third-order valence-electron chi connectivity index (χ3n) is 9.54. The largest absolute Gasteiger partial charge is 0.308 e. The van der Waals surface area contributed by atoms with Crippen molar-refractivity contribution in [2.45, 2.75) is 0 Å². The Bertz CT molecular complexity index is 2660. The highest BCUT2D eigenvalue weighted by molar-refractivity contribution is 6.43. The molecule has 11 aromatic rings. The number of para-hydroxylation sites is 4. The van der Waals surface area contributed by atoms with Crippen LogP contribution in [-0.2, 0) is 0 Å². The summed E-state index contributed by atoms with van der Waals surface area (Å²) in [5.74, 6) is 0. The molecule has 0 saturated carbocycles. The maximum absolute atomic E-state index is 2.52. The van der Waals surface area contributed by atoms with Crippen LogP contribution >= 0.6 is 0 Å². The standard InChI is InChI=1S/C38H20N2/c1-2-12-24-23(11-1)33-27-15-7-13-25-21-9-3-5-17-29(21)39(37(25)27)31-19-20-32-36(35(31)33)34(24)28-16-8-14-26-22-10-4-6-18-30(22)40(32)38(26)28/h1-20H. The molecule has 0 aliphatic heterocycles. The van der Waals surface area contributed by atoms with E-state index in [2.05, 4.69) is 130 Å². The summed E-state index contributed by atoms with van der Waals surface area (Å²) < 4.78 is 5.04. The third-order valence-corrected chi connectivity index (χ3v) is 9.54. The average molecular weight is 505 g/mol. The highest BCUT2D eigenvalue weighted by atomic mass is 14.9. The number of pyridine rings is 2. The fourth-order valence-corrected chi connectivity index (χ4v) is 8.15. The molecule has 0 unspecified atom stereocenters. The zero-order valence-electron chi connectivity index (χ0n) is 21.4. The van der Waals surface area contributed by atoms with Crippen molar-refractivity contribution in [3.63, 3.8) is 0 Å². The number of nitrogens with zero attached hydrogens (tertiary/aromatic N) is 2. The van der Waals surface area contributed by atoms with Crippen LogP contribution in [0.2, 0.25) is 0 Å². The van der Waals surface area contributed by atoms with Crippen LogP contribution < -0.4 is 0 Å². The van der Waals surface area contributed by atoms with Gasteiger partial charge in [0.1, 0.15) is 0 Å². The van der Waals surface area contributed by atoms with Gasteiger partial charge in [0, 0.05) is 53.9 Å². The van der Waals surface area contributed by atoms with Crippen molar-refractivity contribution in [3.8, 4) is 0 Å². The van der Waals surface area contributed by atoms with Gasteiger partial charge in [-0.15, -0.1) is 0 Å². The van der Waals surface area contributed by atoms with Crippen molar-refractivity contribution < 1.29 is 0 Å². The Hall–Kier alpha value is -5.34. The second-order valence-corrected chi connectivity index (χ2v) is 11.3. The monoisotopic (exact) mass is 504 g/mol. The van der Waals surface area contributed by atoms with Gasteiger partial charge in [0.05, 0.1) is 33.1 Å². The molecule has 182 valence electrons. The van der Waals surface area contributed by atoms with E-state index in [1.165, 1.54) is 97.7 Å². The van der Waals surface area contributed by atoms with Crippen LogP contribution in [0.3, 0.4) is 0 Å². The van der Waals surface area contributed by atoms with Crippen molar-refractivity contribution in [1.29, 1.82) is 0 Å². The summed E-state index contributed by atoms with van der Waals surface area (Å²) in [6.07, 6.45) is 0. The highest BCUT2D eigenvalue weighted by Crippen LogP contribution is 2.49. The zero-order chi connectivity index (χ0) is 25.7. The van der Waals surface area contributed by atoms with Crippen molar-refractivity contribution in [3.05, 3.63) is 121 Å². The van der Waals surface area contributed by atoms with Gasteiger partial charge in [0.15, 0.2) is 0 Å². The van der Waals surface area contributed by atoms with E-state index in [-0.39, 0.29) is 0 Å². The van der Waals surface area contributed by atoms with Crippen molar-refractivity contribution in [2.75, 3.05) is 0 Å². The maximum Gasteiger partial charge on any atom is 0.0620 e. The Morgan fingerprint density at radius 3 is 1.10 bits per heavy atom. The lowest BCUT2D eigenvalue weighted by Crippen LogP contribution is -1.98. The molecule has 2 heteroatoms. The Labute approximate surface area is 227 Å². The lowest BCUT2D eigenvalue weighted by atomic mass is 9.88. The first-order valence-electron chi connectivity index (χ1n) is 14.0. The molecule has 0 aliphatic carbocycles. The van der Waals surface area contributed by atoms with Crippen LogP contribution in [0.4, 0.5) is 0 Å². The van der Waals surface area contributed by atoms with E-state index in [1.54, 1.807) is 0 Å². The fraction of sp³-hybridized carbons (Fsp3) is 0. The Kier molecular flexibility index (Phi) is 3.17. The van der Waals surface area contributed by atoms with E-state index in [0.717, 1.165) is 0 Å². The maximum atomic E-state index is 2.52. The van der Waals surface area contributed by atoms with Crippen LogP contribution in [0.15, 0.2) is 121 Å². The van der Waals surface area contributed by atoms with E-state index in [9.17, 15) is 0 Å². The number of fused-ring (bicyclic) bond motifs is 13. The minimum atomic E-state index is 1.27. The molecule has 4 aromatic heterocycles. The van der Waals surface area contributed by atoms with Gasteiger partial charge in [-0.1, -0.05) is 97.1 Å². The van der Waals surface area contributed by atoms with Crippen molar-refractivity contribution in [2.24, 2.45) is 0 Å². The summed E-state index contributed by atoms with van der Waals surface area (Å²) in [6, 6.07) is 45.3. The number of hydrogen-bond acceptors (Lipinski definition) is 0. The van der Waals surface area contributed by atoms with Crippen LogP contribution in [-0.4, -0.2) is 8.80 Å². The van der Waals surface area contributed by atoms with Crippen molar-refractivity contribution >= 4 is 97.7 Å². The van der Waals surface area contributed by atoms with E-state index in [4.69, 9.17) is 0 Å². The molecule has 0 atom stereocenters. The minimum absolute atomic E-state index is 1.27. The molecule has 0 aliphatic rings. The first-order valence-corrected chi connectivity index (χ1v) is 14.0. The number of hydrogen-bond donors (Lipinski definition) is 0. The Morgan fingerprint density at radius 1 is 0.250 bits per heavy atom. The van der Waals surface area contributed by atoms with Crippen LogP contribution in [0.25, 0.3) is 97.7 Å². The van der Waals surface area contributed by atoms with Crippen molar-refractivity contribution in [1.82, 2.24) is 8.80 Å². The minimum Gasteiger partial charge on any atom is -0.308 e. The summed E-state index contributed by atoms with van der Waals surface area (Å²) in [7, 11) is 0. The summed E-state index contributed by atoms with van der Waals surface area (Å²) in [5.41, 5.74) is 7.72. The second kappa shape index (κ2) is 6.44. The molecule has 7 aromatic carbocycles. The smallest absolute Gasteiger partial charge is 0.0620 e. The quantitative estimate of drug-likeness (QED) is 0.143. The van der Waals surface area contributed by atoms with E-state index < -0.39 is 0 Å². The summed E-state index contributed by atoms with van der Waals surface area (Å²) >= 11 is 0. The summed E-state index contributed by atoms with van der Waals surface area (Å²) in [4.78, 5) is 0. The third kappa shape index (κ3) is 1.98. The lowest BCUT2D eigenvalue weighted by molar-refractivity contribution is 1.33. The molecular weight excluding hydrogens is 484 g/mol. The molecule has 0 spiro atoms. The molecule has 0 saturated heterocycles. The lowest BCUT2D eigenvalue weighted by Gasteiger charge is -2.20. The average Bonchev–Trinajstić information content (AvgIpc) is 3.54. The van der Waals surface area contributed by atoms with Gasteiger partial charge in [-0.05, 0) is 35.0 Å². The normalized spacial score (nSPS) is 13.0. The first-order chi connectivity index (χ1) is 19.9. The Morgan fingerprint density at radius 2 is 0.625 bits per heavy atom. The number of aromatic nitrogens is 2. The number of benzene rings is 7. The van der Waals surface area contributed by atoms with Crippen LogP contribution in [0.5, 0.6) is 0 Å². The van der Waals surface area contributed by atoms with E-state index >= 15 is 0 Å². The van der Waals surface area contributed by atoms with Gasteiger partial charge in [-0.3, -0.25) is 0 Å². The molecule has 0 radical (unpaired) electrons. The molecule has 40 heavy (non-hydrogen) atoms. The van der Waals surface area contributed by atoms with Gasteiger partial charge in [-0.2, -0.15) is 0 Å². The summed E-state index contributed by atoms with van der Waals surface area (Å²) in [5, 5.41) is 16.0. The topological polar surface area (TPSA) is 8.82 Å². The summed E-state index contributed by atoms with van der Waals surface area (Å²) in [6.45, 7) is 0. The van der Waals surface area contributed by atoms with E-state index in [1.807, 2.05) is 0 Å². The van der Waals surface area contributed by atoms with Gasteiger partial charge in [0.25, 0.3) is 0 Å². The Balaban J connectivity index is 1.61. The van der Waals surface area contributed by atoms with E-state index in [0.29, 0.717) is 0 Å². The predicted octanol–water partition coefficient (Wildman–Crippen LogP) is 10.3. The second-order valence-electron chi connectivity index (χ2n) is 11.3.